The van der Waals surface area contributed by atoms with Crippen LogP contribution in [0.25, 0.3) is 0 Å². The van der Waals surface area contributed by atoms with Gasteiger partial charge in [0.1, 0.15) is 0 Å². The summed E-state index contributed by atoms with van der Waals surface area (Å²) in [5.74, 6) is 0. The van der Waals surface area contributed by atoms with Gasteiger partial charge in [0.15, 0.2) is 0 Å². The van der Waals surface area contributed by atoms with Crippen molar-refractivity contribution in [2.24, 2.45) is 0 Å². The van der Waals surface area contributed by atoms with E-state index in [2.05, 4.69) is 30.7 Å². The molecule has 2 aliphatic rings. The molecule has 0 N–H and O–H groups in total. The lowest BCUT2D eigenvalue weighted by molar-refractivity contribution is 0.714. The van der Waals surface area contributed by atoms with Crippen molar-refractivity contribution in [1.82, 2.24) is 0 Å². The van der Waals surface area contributed by atoms with Crippen LogP contribution in [-0.2, 0) is 12.8 Å². The lowest BCUT2D eigenvalue weighted by Crippen LogP contribution is -2.12. The zero-order chi connectivity index (χ0) is 9.38. The zero-order valence-electron chi connectivity index (χ0n) is 8.34. The Morgan fingerprint density at radius 1 is 1.00 bits per heavy atom. The summed E-state index contributed by atoms with van der Waals surface area (Å²) in [7, 11) is 0. The van der Waals surface area contributed by atoms with Gasteiger partial charge in [-0.25, -0.2) is 0 Å². The molecule has 0 aromatic heterocycles. The second-order valence-electron chi connectivity index (χ2n) is 4.23. The first-order chi connectivity index (χ1) is 6.93. The summed E-state index contributed by atoms with van der Waals surface area (Å²) in [6.07, 6.45) is 9.63. The van der Waals surface area contributed by atoms with Gasteiger partial charge in [-0.1, -0.05) is 35.4 Å². The third-order valence-electron chi connectivity index (χ3n) is 3.31. The fourth-order valence-electron chi connectivity index (χ4n) is 2.52. The monoisotopic (exact) mass is 182 g/mol. The molecule has 70 valence electrons. The molecule has 0 unspecified atom stereocenters. The van der Waals surface area contributed by atoms with E-state index in [1.165, 1.54) is 42.4 Å². The van der Waals surface area contributed by atoms with Gasteiger partial charge in [0.05, 0.1) is 0 Å². The van der Waals surface area contributed by atoms with E-state index < -0.39 is 0 Å². The topological polar surface area (TPSA) is 0 Å². The molecule has 14 heavy (non-hydrogen) atoms. The van der Waals surface area contributed by atoms with Crippen molar-refractivity contribution in [1.29, 1.82) is 0 Å². The van der Waals surface area contributed by atoms with Crippen LogP contribution in [0, 0.1) is 6.42 Å². The summed E-state index contributed by atoms with van der Waals surface area (Å²) in [6, 6.07) is 8.83. The maximum absolute atomic E-state index is 3.54. The Morgan fingerprint density at radius 2 is 1.79 bits per heavy atom. The Bertz CT molecular complexity index is 348. The van der Waals surface area contributed by atoms with Crippen molar-refractivity contribution in [3.8, 4) is 0 Å². The third kappa shape index (κ3) is 1.30. The molecule has 0 bridgehead atoms. The molecule has 0 atom stereocenters. The first kappa shape index (κ1) is 8.28. The summed E-state index contributed by atoms with van der Waals surface area (Å²) < 4.78 is 0. The van der Waals surface area contributed by atoms with E-state index in [0.717, 1.165) is 6.42 Å². The van der Waals surface area contributed by atoms with Crippen LogP contribution in [0.5, 0.6) is 0 Å². The van der Waals surface area contributed by atoms with E-state index in [1.54, 1.807) is 5.57 Å². The molecule has 3 rings (SSSR count). The quantitative estimate of drug-likeness (QED) is 0.577. The fraction of sp³-hybridized carbons (Fsp3) is 0.357. The van der Waals surface area contributed by atoms with E-state index >= 15 is 0 Å². The average molecular weight is 182 g/mol. The molecular weight excluding hydrogens is 168 g/mol. The number of hydrogen-bond donors (Lipinski definition) is 0. The van der Waals surface area contributed by atoms with Gasteiger partial charge in [-0.3, -0.25) is 0 Å². The van der Waals surface area contributed by atoms with Crippen LogP contribution in [0.3, 0.4) is 0 Å². The van der Waals surface area contributed by atoms with Crippen molar-refractivity contribution >= 4 is 0 Å². The minimum atomic E-state index is 1.13. The molecule has 0 nitrogen and oxygen atoms in total. The van der Waals surface area contributed by atoms with Gasteiger partial charge in [-0.05, 0) is 43.2 Å². The second kappa shape index (κ2) is 3.27. The minimum absolute atomic E-state index is 1.13. The number of hydrogen-bond acceptors (Lipinski definition) is 0. The van der Waals surface area contributed by atoms with Crippen LogP contribution in [0.1, 0.15) is 30.4 Å². The maximum atomic E-state index is 3.54. The molecule has 1 aromatic carbocycles. The molecule has 0 spiro atoms. The first-order valence-electron chi connectivity index (χ1n) is 5.45. The van der Waals surface area contributed by atoms with Gasteiger partial charge >= 0.3 is 0 Å². The van der Waals surface area contributed by atoms with Crippen molar-refractivity contribution in [3.05, 3.63) is 53.0 Å². The lowest BCUT2D eigenvalue weighted by Gasteiger charge is -2.26. The highest BCUT2D eigenvalue weighted by Crippen LogP contribution is 2.34. The third-order valence-corrected chi connectivity index (χ3v) is 3.31. The Morgan fingerprint density at radius 3 is 2.64 bits per heavy atom. The number of fused-ring (bicyclic) bond motifs is 1. The molecule has 0 fully saturated rings. The summed E-state index contributed by atoms with van der Waals surface area (Å²) in [6.45, 7) is 0. The lowest BCUT2D eigenvalue weighted by atomic mass is 9.79. The predicted octanol–water partition coefficient (Wildman–Crippen LogP) is 3.35. The highest BCUT2D eigenvalue weighted by atomic mass is 14.2. The number of allylic oxidation sites excluding steroid dienone is 2. The Balaban J connectivity index is 1.99. The zero-order valence-corrected chi connectivity index (χ0v) is 8.34. The SMILES string of the molecule is [C]1CCCC2=C1Cc1ccccc1C2. The van der Waals surface area contributed by atoms with Crippen LogP contribution in [-0.4, -0.2) is 0 Å². The molecule has 0 saturated carbocycles. The fourth-order valence-corrected chi connectivity index (χ4v) is 2.52. The minimum Gasteiger partial charge on any atom is -0.0656 e. The highest BCUT2D eigenvalue weighted by molar-refractivity contribution is 5.43. The molecule has 2 aliphatic carbocycles. The van der Waals surface area contributed by atoms with Gasteiger partial charge in [-0.2, -0.15) is 0 Å². The van der Waals surface area contributed by atoms with Crippen LogP contribution in [0.15, 0.2) is 35.4 Å². The Hall–Kier alpha value is -1.04. The predicted molar refractivity (Wildman–Crippen MR) is 58.0 cm³/mol. The Labute approximate surface area is 85.6 Å². The summed E-state index contributed by atoms with van der Waals surface area (Å²) in [4.78, 5) is 0. The molecule has 2 radical (unpaired) electrons. The average Bonchev–Trinajstić information content (AvgIpc) is 2.26. The highest BCUT2D eigenvalue weighted by Gasteiger charge is 2.19. The van der Waals surface area contributed by atoms with E-state index in [-0.39, 0.29) is 0 Å². The van der Waals surface area contributed by atoms with Crippen LogP contribution in [0.2, 0.25) is 0 Å². The van der Waals surface area contributed by atoms with Crippen molar-refractivity contribution in [2.75, 3.05) is 0 Å². The van der Waals surface area contributed by atoms with Gasteiger partial charge in [0, 0.05) is 6.42 Å². The van der Waals surface area contributed by atoms with E-state index in [4.69, 9.17) is 0 Å². The van der Waals surface area contributed by atoms with E-state index in [0.29, 0.717) is 0 Å². The summed E-state index contributed by atoms with van der Waals surface area (Å²) >= 11 is 0. The maximum Gasteiger partial charge on any atom is 0.0123 e. The molecule has 0 aliphatic heterocycles. The van der Waals surface area contributed by atoms with Crippen LogP contribution < -0.4 is 0 Å². The van der Waals surface area contributed by atoms with E-state index in [9.17, 15) is 0 Å². The van der Waals surface area contributed by atoms with Crippen molar-refractivity contribution in [3.63, 3.8) is 0 Å². The van der Waals surface area contributed by atoms with Crippen LogP contribution in [0.4, 0.5) is 0 Å². The molecule has 0 heterocycles. The normalized spacial score (nSPS) is 20.3. The van der Waals surface area contributed by atoms with Gasteiger partial charge in [0.2, 0.25) is 0 Å². The molecule has 0 saturated heterocycles. The molecule has 0 amide bonds. The van der Waals surface area contributed by atoms with E-state index in [1.807, 2.05) is 0 Å². The van der Waals surface area contributed by atoms with Gasteiger partial charge < -0.3 is 0 Å². The smallest absolute Gasteiger partial charge is 0.0123 e. The molecular formula is C14H14. The summed E-state index contributed by atoms with van der Waals surface area (Å²) in [5.41, 5.74) is 6.21. The van der Waals surface area contributed by atoms with Crippen LogP contribution >= 0.6 is 0 Å². The van der Waals surface area contributed by atoms with Gasteiger partial charge in [0.25, 0.3) is 0 Å². The molecule has 1 aromatic rings. The first-order valence-corrected chi connectivity index (χ1v) is 5.45. The standard InChI is InChI=1S/C14H14/c1-2-6-12-10-14-8-4-3-7-13(14)9-11(12)5-1/h1-2,5-6H,3-4,7,9-10H2. The second-order valence-corrected chi connectivity index (χ2v) is 4.23. The van der Waals surface area contributed by atoms with Crippen molar-refractivity contribution < 1.29 is 0 Å². The number of benzene rings is 1. The molecule has 0 heteroatoms. The Kier molecular flexibility index (Phi) is 1.93. The summed E-state index contributed by atoms with van der Waals surface area (Å²) in [5, 5.41) is 0. The largest absolute Gasteiger partial charge is 0.0656 e. The number of rotatable bonds is 0. The van der Waals surface area contributed by atoms with Gasteiger partial charge in [-0.15, -0.1) is 0 Å². The van der Waals surface area contributed by atoms with Crippen molar-refractivity contribution in [2.45, 2.75) is 32.1 Å².